The predicted molar refractivity (Wildman–Crippen MR) is 87.6 cm³/mol. The molecule has 3 rings (SSSR count). The Hall–Kier alpha value is -2.82. The van der Waals surface area contributed by atoms with Crippen LogP contribution in [0.4, 0.5) is 5.69 Å². The van der Waals surface area contributed by atoms with E-state index in [9.17, 15) is 9.59 Å². The quantitative estimate of drug-likeness (QED) is 0.912. The summed E-state index contributed by atoms with van der Waals surface area (Å²) in [5, 5.41) is 5.57. The molecule has 2 aromatic carbocycles. The second-order valence-electron chi connectivity index (χ2n) is 5.48. The number of benzene rings is 2. The van der Waals surface area contributed by atoms with Gasteiger partial charge in [0.25, 0.3) is 5.91 Å². The van der Waals surface area contributed by atoms with Gasteiger partial charge in [0.05, 0.1) is 6.61 Å². The minimum atomic E-state index is -0.142. The van der Waals surface area contributed by atoms with Gasteiger partial charge in [-0.1, -0.05) is 12.1 Å². The summed E-state index contributed by atoms with van der Waals surface area (Å²) >= 11 is 0. The van der Waals surface area contributed by atoms with Crippen LogP contribution in [0.1, 0.15) is 28.4 Å². The SMILES string of the molecule is CC(=O)Nc1ccc(C(=O)NCc2ccc3c(c2)CCO3)cc1. The zero-order valence-electron chi connectivity index (χ0n) is 12.9. The molecule has 2 amide bonds. The molecule has 0 aromatic heterocycles. The lowest BCUT2D eigenvalue weighted by Gasteiger charge is -2.08. The van der Waals surface area contributed by atoms with Crippen molar-refractivity contribution in [2.24, 2.45) is 0 Å². The van der Waals surface area contributed by atoms with E-state index in [-0.39, 0.29) is 11.8 Å². The van der Waals surface area contributed by atoms with Crippen molar-refractivity contribution >= 4 is 17.5 Å². The molecule has 0 saturated carbocycles. The highest BCUT2D eigenvalue weighted by atomic mass is 16.5. The van der Waals surface area contributed by atoms with E-state index in [4.69, 9.17) is 4.74 Å². The van der Waals surface area contributed by atoms with Crippen molar-refractivity contribution in [2.75, 3.05) is 11.9 Å². The van der Waals surface area contributed by atoms with E-state index in [1.165, 1.54) is 12.5 Å². The van der Waals surface area contributed by atoms with Crippen LogP contribution in [0.5, 0.6) is 5.75 Å². The lowest BCUT2D eigenvalue weighted by atomic mass is 10.1. The molecule has 0 aliphatic carbocycles. The Morgan fingerprint density at radius 3 is 2.65 bits per heavy atom. The average molecular weight is 310 g/mol. The number of hydrogen-bond acceptors (Lipinski definition) is 3. The minimum Gasteiger partial charge on any atom is -0.493 e. The summed E-state index contributed by atoms with van der Waals surface area (Å²) < 4.78 is 5.47. The maximum Gasteiger partial charge on any atom is 0.251 e. The van der Waals surface area contributed by atoms with Gasteiger partial charge in [0, 0.05) is 31.1 Å². The summed E-state index contributed by atoms with van der Waals surface area (Å²) in [6.07, 6.45) is 0.918. The third-order valence-corrected chi connectivity index (χ3v) is 3.67. The smallest absolute Gasteiger partial charge is 0.251 e. The highest BCUT2D eigenvalue weighted by Crippen LogP contribution is 2.25. The van der Waals surface area contributed by atoms with E-state index in [0.717, 1.165) is 24.3 Å². The van der Waals surface area contributed by atoms with E-state index < -0.39 is 0 Å². The molecular weight excluding hydrogens is 292 g/mol. The van der Waals surface area contributed by atoms with Gasteiger partial charge in [-0.3, -0.25) is 9.59 Å². The highest BCUT2D eigenvalue weighted by molar-refractivity contribution is 5.95. The Morgan fingerprint density at radius 2 is 1.91 bits per heavy atom. The minimum absolute atomic E-state index is 0.136. The van der Waals surface area contributed by atoms with Gasteiger partial charge in [-0.15, -0.1) is 0 Å². The lowest BCUT2D eigenvalue weighted by molar-refractivity contribution is -0.114. The zero-order chi connectivity index (χ0) is 16.2. The molecule has 23 heavy (non-hydrogen) atoms. The normalized spacial score (nSPS) is 12.2. The molecule has 5 heteroatoms. The molecule has 5 nitrogen and oxygen atoms in total. The van der Waals surface area contributed by atoms with Gasteiger partial charge in [-0.05, 0) is 41.5 Å². The van der Waals surface area contributed by atoms with Gasteiger partial charge in [0.2, 0.25) is 5.91 Å². The van der Waals surface area contributed by atoms with Crippen molar-refractivity contribution in [3.63, 3.8) is 0 Å². The molecular formula is C18H18N2O3. The molecule has 2 N–H and O–H groups in total. The van der Waals surface area contributed by atoms with Crippen molar-refractivity contribution in [2.45, 2.75) is 19.9 Å². The fourth-order valence-corrected chi connectivity index (χ4v) is 2.54. The van der Waals surface area contributed by atoms with Crippen LogP contribution in [-0.4, -0.2) is 18.4 Å². The fourth-order valence-electron chi connectivity index (χ4n) is 2.54. The first kappa shape index (κ1) is 15.1. The van der Waals surface area contributed by atoms with Gasteiger partial charge < -0.3 is 15.4 Å². The van der Waals surface area contributed by atoms with Gasteiger partial charge in [-0.25, -0.2) is 0 Å². The lowest BCUT2D eigenvalue weighted by Crippen LogP contribution is -2.22. The standard InChI is InChI=1S/C18H18N2O3/c1-12(21)20-16-5-3-14(4-6-16)18(22)19-11-13-2-7-17-15(10-13)8-9-23-17/h2-7,10H,8-9,11H2,1H3,(H,19,22)(H,20,21). The summed E-state index contributed by atoms with van der Waals surface area (Å²) in [5.41, 5.74) is 3.48. The molecule has 1 heterocycles. The van der Waals surface area contributed by atoms with Crippen LogP contribution >= 0.6 is 0 Å². The Kier molecular flexibility index (Phi) is 4.28. The van der Waals surface area contributed by atoms with Gasteiger partial charge in [-0.2, -0.15) is 0 Å². The van der Waals surface area contributed by atoms with Crippen LogP contribution < -0.4 is 15.4 Å². The number of ether oxygens (including phenoxy) is 1. The van der Waals surface area contributed by atoms with E-state index in [2.05, 4.69) is 16.7 Å². The first-order valence-electron chi connectivity index (χ1n) is 7.52. The van der Waals surface area contributed by atoms with Crippen LogP contribution in [0, 0.1) is 0 Å². The molecule has 1 aliphatic heterocycles. The predicted octanol–water partition coefficient (Wildman–Crippen LogP) is 2.51. The molecule has 0 atom stereocenters. The first-order chi connectivity index (χ1) is 11.1. The number of rotatable bonds is 4. The molecule has 0 bridgehead atoms. The topological polar surface area (TPSA) is 67.4 Å². The number of fused-ring (bicyclic) bond motifs is 1. The maximum absolute atomic E-state index is 12.2. The fraction of sp³-hybridized carbons (Fsp3) is 0.222. The Bertz CT molecular complexity index is 738. The Morgan fingerprint density at radius 1 is 1.13 bits per heavy atom. The van der Waals surface area contributed by atoms with Gasteiger partial charge in [0.15, 0.2) is 0 Å². The van der Waals surface area contributed by atoms with Crippen LogP contribution in [0.2, 0.25) is 0 Å². The van der Waals surface area contributed by atoms with Crippen LogP contribution in [0.15, 0.2) is 42.5 Å². The highest BCUT2D eigenvalue weighted by Gasteiger charge is 2.12. The van der Waals surface area contributed by atoms with Gasteiger partial charge in [0.1, 0.15) is 5.75 Å². The van der Waals surface area contributed by atoms with Gasteiger partial charge >= 0.3 is 0 Å². The Labute approximate surface area is 134 Å². The number of carbonyl (C=O) groups is 2. The van der Waals surface area contributed by atoms with E-state index in [0.29, 0.717) is 17.8 Å². The number of carbonyl (C=O) groups excluding carboxylic acids is 2. The van der Waals surface area contributed by atoms with Crippen molar-refractivity contribution in [3.05, 3.63) is 59.2 Å². The molecule has 0 fully saturated rings. The second kappa shape index (κ2) is 6.52. The number of anilines is 1. The van der Waals surface area contributed by atoms with Crippen LogP contribution in [0.3, 0.4) is 0 Å². The number of amides is 2. The summed E-state index contributed by atoms with van der Waals surface area (Å²) in [6.45, 7) is 2.65. The van der Waals surface area contributed by atoms with E-state index >= 15 is 0 Å². The first-order valence-corrected chi connectivity index (χ1v) is 7.52. The summed E-state index contributed by atoms with van der Waals surface area (Å²) in [4.78, 5) is 23.1. The molecule has 0 radical (unpaired) electrons. The van der Waals surface area contributed by atoms with Crippen LogP contribution in [0.25, 0.3) is 0 Å². The molecule has 0 unspecified atom stereocenters. The molecule has 0 spiro atoms. The van der Waals surface area contributed by atoms with Crippen molar-refractivity contribution in [1.82, 2.24) is 5.32 Å². The van der Waals surface area contributed by atoms with Crippen molar-refractivity contribution in [3.8, 4) is 5.75 Å². The van der Waals surface area contributed by atoms with E-state index in [1.807, 2.05) is 12.1 Å². The molecule has 0 saturated heterocycles. The summed E-state index contributed by atoms with van der Waals surface area (Å²) in [7, 11) is 0. The number of nitrogens with one attached hydrogen (secondary N) is 2. The zero-order valence-corrected chi connectivity index (χ0v) is 12.9. The Balaban J connectivity index is 1.59. The van der Waals surface area contributed by atoms with Crippen LogP contribution in [-0.2, 0) is 17.8 Å². The monoisotopic (exact) mass is 310 g/mol. The maximum atomic E-state index is 12.2. The molecule has 118 valence electrons. The average Bonchev–Trinajstić information content (AvgIpc) is 3.00. The largest absolute Gasteiger partial charge is 0.493 e. The van der Waals surface area contributed by atoms with Crippen molar-refractivity contribution < 1.29 is 14.3 Å². The second-order valence-corrected chi connectivity index (χ2v) is 5.48. The third kappa shape index (κ3) is 3.69. The third-order valence-electron chi connectivity index (χ3n) is 3.67. The molecule has 1 aliphatic rings. The number of hydrogen-bond donors (Lipinski definition) is 2. The van der Waals surface area contributed by atoms with Crippen molar-refractivity contribution in [1.29, 1.82) is 0 Å². The summed E-state index contributed by atoms with van der Waals surface area (Å²) in [6, 6.07) is 12.8. The summed E-state index contributed by atoms with van der Waals surface area (Å²) in [5.74, 6) is 0.660. The van der Waals surface area contributed by atoms with E-state index in [1.54, 1.807) is 24.3 Å². The molecule has 2 aromatic rings.